The van der Waals surface area contributed by atoms with E-state index in [1.807, 2.05) is 14.0 Å². The Morgan fingerprint density at radius 2 is 2.17 bits per heavy atom. The maximum absolute atomic E-state index is 13.1. The lowest BCUT2D eigenvalue weighted by Crippen LogP contribution is -2.11. The molecule has 0 spiro atoms. The molecule has 0 aliphatic carbocycles. The zero-order valence-electron chi connectivity index (χ0n) is 10.4. The van der Waals surface area contributed by atoms with Gasteiger partial charge in [0.05, 0.1) is 5.69 Å². The highest BCUT2D eigenvalue weighted by molar-refractivity contribution is 9.10. The van der Waals surface area contributed by atoms with Gasteiger partial charge in [0.1, 0.15) is 10.8 Å². The Morgan fingerprint density at radius 1 is 1.44 bits per heavy atom. The maximum atomic E-state index is 13.1. The number of nitrogens with zero attached hydrogens (tertiary/aromatic N) is 1. The number of nitrogens with one attached hydrogen (secondary N) is 1. The Bertz CT molecular complexity index is 568. The minimum Gasteiger partial charge on any atom is -0.312 e. The number of aromatic nitrogens is 1. The van der Waals surface area contributed by atoms with Crippen molar-refractivity contribution in [3.63, 3.8) is 0 Å². The summed E-state index contributed by atoms with van der Waals surface area (Å²) in [5, 5.41) is 4.12. The molecule has 0 saturated heterocycles. The van der Waals surface area contributed by atoms with Crippen LogP contribution in [0.2, 0.25) is 0 Å². The third-order valence-electron chi connectivity index (χ3n) is 2.82. The highest BCUT2D eigenvalue weighted by Crippen LogP contribution is 2.35. The molecule has 1 atom stereocenters. The highest BCUT2D eigenvalue weighted by atomic mass is 79.9. The molecule has 1 aromatic carbocycles. The van der Waals surface area contributed by atoms with Gasteiger partial charge in [-0.05, 0) is 55.0 Å². The van der Waals surface area contributed by atoms with Gasteiger partial charge in [-0.3, -0.25) is 0 Å². The molecule has 2 rings (SSSR count). The summed E-state index contributed by atoms with van der Waals surface area (Å²) in [4.78, 5) is 5.78. The molecule has 1 unspecified atom stereocenters. The second-order valence-electron chi connectivity index (χ2n) is 4.10. The number of benzene rings is 1. The van der Waals surface area contributed by atoms with Crippen LogP contribution in [0.3, 0.4) is 0 Å². The van der Waals surface area contributed by atoms with Crippen LogP contribution in [0.15, 0.2) is 22.7 Å². The Hall–Kier alpha value is -0.780. The first-order chi connectivity index (χ1) is 8.52. The van der Waals surface area contributed by atoms with Crippen LogP contribution in [0.25, 0.3) is 10.6 Å². The van der Waals surface area contributed by atoms with Gasteiger partial charge in [-0.25, -0.2) is 9.37 Å². The van der Waals surface area contributed by atoms with E-state index in [4.69, 9.17) is 0 Å². The fourth-order valence-corrected chi connectivity index (χ4v) is 3.56. The molecule has 1 aromatic heterocycles. The summed E-state index contributed by atoms with van der Waals surface area (Å²) in [5.74, 6) is -0.247. The minimum atomic E-state index is -0.247. The molecule has 0 saturated carbocycles. The van der Waals surface area contributed by atoms with E-state index in [0.29, 0.717) is 0 Å². The van der Waals surface area contributed by atoms with E-state index in [-0.39, 0.29) is 11.9 Å². The summed E-state index contributed by atoms with van der Waals surface area (Å²) in [6.07, 6.45) is 0. The van der Waals surface area contributed by atoms with Crippen molar-refractivity contribution >= 4 is 27.3 Å². The van der Waals surface area contributed by atoms with E-state index in [9.17, 15) is 4.39 Å². The lowest BCUT2D eigenvalue weighted by Gasteiger charge is -2.07. The van der Waals surface area contributed by atoms with Crippen LogP contribution in [0.5, 0.6) is 0 Å². The molecule has 5 heteroatoms. The molecule has 0 radical (unpaired) electrons. The predicted molar refractivity (Wildman–Crippen MR) is 77.4 cm³/mol. The van der Waals surface area contributed by atoms with Crippen molar-refractivity contribution < 1.29 is 4.39 Å². The van der Waals surface area contributed by atoms with E-state index in [0.717, 1.165) is 20.7 Å². The van der Waals surface area contributed by atoms with Gasteiger partial charge in [0.25, 0.3) is 0 Å². The summed E-state index contributed by atoms with van der Waals surface area (Å²) in [5.41, 5.74) is 1.95. The second-order valence-corrected chi connectivity index (χ2v) is 5.99. The lowest BCUT2D eigenvalue weighted by atomic mass is 10.2. The minimum absolute atomic E-state index is 0.247. The molecule has 96 valence electrons. The second kappa shape index (κ2) is 5.47. The van der Waals surface area contributed by atoms with Crippen molar-refractivity contribution in [2.24, 2.45) is 0 Å². The zero-order chi connectivity index (χ0) is 13.3. The van der Waals surface area contributed by atoms with Crippen LogP contribution >= 0.6 is 27.3 Å². The maximum Gasteiger partial charge on any atom is 0.125 e. The Kier molecular flexibility index (Phi) is 4.14. The predicted octanol–water partition coefficient (Wildman–Crippen LogP) is 4.30. The molecule has 0 amide bonds. The van der Waals surface area contributed by atoms with E-state index in [2.05, 4.69) is 33.2 Å². The molecule has 1 N–H and O–H groups in total. The first-order valence-corrected chi connectivity index (χ1v) is 7.24. The number of hydrogen-bond acceptors (Lipinski definition) is 3. The first kappa shape index (κ1) is 13.6. The monoisotopic (exact) mass is 328 g/mol. The number of halogens is 2. The van der Waals surface area contributed by atoms with Crippen LogP contribution in [0.1, 0.15) is 23.5 Å². The molecule has 1 heterocycles. The largest absolute Gasteiger partial charge is 0.312 e. The van der Waals surface area contributed by atoms with Gasteiger partial charge in [0.15, 0.2) is 0 Å². The van der Waals surface area contributed by atoms with Crippen molar-refractivity contribution in [2.75, 3.05) is 7.05 Å². The van der Waals surface area contributed by atoms with E-state index in [1.165, 1.54) is 17.0 Å². The van der Waals surface area contributed by atoms with Crippen LogP contribution in [0, 0.1) is 12.7 Å². The van der Waals surface area contributed by atoms with Crippen LogP contribution in [-0.4, -0.2) is 12.0 Å². The summed E-state index contributed by atoms with van der Waals surface area (Å²) in [7, 11) is 1.93. The number of rotatable bonds is 3. The molecule has 0 aliphatic heterocycles. The average Bonchev–Trinajstić information content (AvgIpc) is 2.70. The third-order valence-corrected chi connectivity index (χ3v) is 4.85. The van der Waals surface area contributed by atoms with Crippen molar-refractivity contribution in [3.8, 4) is 10.6 Å². The van der Waals surface area contributed by atoms with Gasteiger partial charge in [-0.1, -0.05) is 0 Å². The van der Waals surface area contributed by atoms with Crippen LogP contribution < -0.4 is 5.32 Å². The van der Waals surface area contributed by atoms with Gasteiger partial charge in [-0.15, -0.1) is 11.3 Å². The zero-order valence-corrected chi connectivity index (χ0v) is 12.8. The van der Waals surface area contributed by atoms with E-state index >= 15 is 0 Å². The smallest absolute Gasteiger partial charge is 0.125 e. The number of aryl methyl sites for hydroxylation is 1. The molecule has 18 heavy (non-hydrogen) atoms. The Balaban J connectivity index is 2.45. The highest BCUT2D eigenvalue weighted by Gasteiger charge is 2.15. The third kappa shape index (κ3) is 2.63. The molecule has 0 bridgehead atoms. The van der Waals surface area contributed by atoms with Crippen molar-refractivity contribution in [3.05, 3.63) is 39.1 Å². The van der Waals surface area contributed by atoms with Gasteiger partial charge in [-0.2, -0.15) is 0 Å². The van der Waals surface area contributed by atoms with Crippen molar-refractivity contribution in [2.45, 2.75) is 19.9 Å². The summed E-state index contributed by atoms with van der Waals surface area (Å²) in [6.45, 7) is 4.10. The standard InChI is InChI=1S/C13H14BrFN2S/c1-7(16-3)12-8(2)17-13(18-12)10-5-4-9(15)6-11(10)14/h4-7,16H,1-3H3. The van der Waals surface area contributed by atoms with E-state index in [1.54, 1.807) is 17.4 Å². The average molecular weight is 329 g/mol. The quantitative estimate of drug-likeness (QED) is 0.908. The van der Waals surface area contributed by atoms with E-state index < -0.39 is 0 Å². The Morgan fingerprint density at radius 3 is 2.78 bits per heavy atom. The summed E-state index contributed by atoms with van der Waals surface area (Å²) in [6, 6.07) is 4.95. The van der Waals surface area contributed by atoms with Crippen LogP contribution in [-0.2, 0) is 0 Å². The Labute approximate surface area is 118 Å². The molecule has 0 aliphatic rings. The molecule has 2 nitrogen and oxygen atoms in total. The fourth-order valence-electron chi connectivity index (χ4n) is 1.72. The molecular weight excluding hydrogens is 315 g/mol. The van der Waals surface area contributed by atoms with Gasteiger partial charge in [0.2, 0.25) is 0 Å². The van der Waals surface area contributed by atoms with Crippen molar-refractivity contribution in [1.29, 1.82) is 0 Å². The van der Waals surface area contributed by atoms with Gasteiger partial charge >= 0.3 is 0 Å². The molecule has 0 fully saturated rings. The van der Waals surface area contributed by atoms with Crippen LogP contribution in [0.4, 0.5) is 4.39 Å². The lowest BCUT2D eigenvalue weighted by molar-refractivity contribution is 0.627. The first-order valence-electron chi connectivity index (χ1n) is 5.63. The normalized spacial score (nSPS) is 12.7. The van der Waals surface area contributed by atoms with Gasteiger partial charge < -0.3 is 5.32 Å². The SMILES string of the molecule is CNC(C)c1sc(-c2ccc(F)cc2Br)nc1C. The number of hydrogen-bond donors (Lipinski definition) is 1. The fraction of sp³-hybridized carbons (Fsp3) is 0.308. The topological polar surface area (TPSA) is 24.9 Å². The van der Waals surface area contributed by atoms with Gasteiger partial charge in [0, 0.05) is 21.0 Å². The summed E-state index contributed by atoms with van der Waals surface area (Å²) >= 11 is 5.02. The molecular formula is C13H14BrFN2S. The number of thiazole rings is 1. The summed E-state index contributed by atoms with van der Waals surface area (Å²) < 4.78 is 13.8. The molecule has 2 aromatic rings. The van der Waals surface area contributed by atoms with Crippen molar-refractivity contribution in [1.82, 2.24) is 10.3 Å².